The quantitative estimate of drug-likeness (QED) is 0.661. The van der Waals surface area contributed by atoms with Gasteiger partial charge in [0.2, 0.25) is 0 Å². The van der Waals surface area contributed by atoms with Crippen molar-refractivity contribution in [1.29, 1.82) is 0 Å². The third-order valence-electron chi connectivity index (χ3n) is 3.30. The molecule has 108 valence electrons. The first kappa shape index (κ1) is 15.5. The smallest absolute Gasteiger partial charge is 0.155 e. The van der Waals surface area contributed by atoms with E-state index < -0.39 is 0 Å². The largest absolute Gasteiger partial charge is 0.393 e. The average Bonchev–Trinajstić information content (AvgIpc) is 2.40. The Balaban J connectivity index is 2.39. The predicted molar refractivity (Wildman–Crippen MR) is 81.0 cm³/mol. The van der Waals surface area contributed by atoms with Gasteiger partial charge >= 0.3 is 0 Å². The van der Waals surface area contributed by atoms with Crippen molar-refractivity contribution in [2.75, 3.05) is 36.4 Å². The number of aromatic nitrogens is 2. The van der Waals surface area contributed by atoms with Crippen molar-refractivity contribution >= 4 is 17.3 Å². The van der Waals surface area contributed by atoms with Crippen molar-refractivity contribution in [1.82, 2.24) is 14.9 Å². The van der Waals surface area contributed by atoms with Crippen LogP contribution in [0.15, 0.2) is 6.33 Å². The summed E-state index contributed by atoms with van der Waals surface area (Å²) < 4.78 is 0. The van der Waals surface area contributed by atoms with Gasteiger partial charge in [0.05, 0.1) is 0 Å². The highest BCUT2D eigenvalue weighted by atomic mass is 15.1. The standard InChI is InChI=1S/C13H26N6/c1-4-19(5-2)8-6-7-10(3)18-13-11(14)12(15)16-9-17-13/h9-10H,4-8,14H2,1-3H3,(H3,15,16,17,18). The van der Waals surface area contributed by atoms with Gasteiger partial charge in [-0.25, -0.2) is 9.97 Å². The van der Waals surface area contributed by atoms with Gasteiger partial charge in [-0.05, 0) is 39.4 Å². The van der Waals surface area contributed by atoms with Crippen LogP contribution < -0.4 is 16.8 Å². The fraction of sp³-hybridized carbons (Fsp3) is 0.692. The summed E-state index contributed by atoms with van der Waals surface area (Å²) in [6, 6.07) is 0.312. The van der Waals surface area contributed by atoms with Crippen LogP contribution in [0.25, 0.3) is 0 Å². The van der Waals surface area contributed by atoms with E-state index in [-0.39, 0.29) is 0 Å². The molecule has 0 amide bonds. The molecule has 5 N–H and O–H groups in total. The molecule has 1 heterocycles. The first-order valence-electron chi connectivity index (χ1n) is 6.93. The van der Waals surface area contributed by atoms with Crippen molar-refractivity contribution in [3.8, 4) is 0 Å². The van der Waals surface area contributed by atoms with Crippen LogP contribution in [0, 0.1) is 0 Å². The number of nitrogens with two attached hydrogens (primary N) is 2. The van der Waals surface area contributed by atoms with E-state index >= 15 is 0 Å². The summed E-state index contributed by atoms with van der Waals surface area (Å²) in [6.07, 6.45) is 3.65. The van der Waals surface area contributed by atoms with E-state index in [4.69, 9.17) is 11.5 Å². The Kier molecular flexibility index (Phi) is 6.35. The summed E-state index contributed by atoms with van der Waals surface area (Å²) in [5.41, 5.74) is 11.9. The summed E-state index contributed by atoms with van der Waals surface area (Å²) in [6.45, 7) is 9.84. The van der Waals surface area contributed by atoms with Crippen molar-refractivity contribution in [3.63, 3.8) is 0 Å². The molecule has 19 heavy (non-hydrogen) atoms. The zero-order chi connectivity index (χ0) is 14.3. The van der Waals surface area contributed by atoms with Gasteiger partial charge in [0, 0.05) is 6.04 Å². The molecule has 6 heteroatoms. The summed E-state index contributed by atoms with van der Waals surface area (Å²) in [5.74, 6) is 0.954. The van der Waals surface area contributed by atoms with Crippen LogP contribution in [-0.4, -0.2) is 40.5 Å². The first-order chi connectivity index (χ1) is 9.08. The summed E-state index contributed by atoms with van der Waals surface area (Å²) in [7, 11) is 0. The maximum absolute atomic E-state index is 5.83. The van der Waals surface area contributed by atoms with Crippen LogP contribution in [0.1, 0.15) is 33.6 Å². The fourth-order valence-corrected chi connectivity index (χ4v) is 1.99. The Morgan fingerprint density at radius 3 is 2.58 bits per heavy atom. The molecule has 0 aliphatic carbocycles. The fourth-order valence-electron chi connectivity index (χ4n) is 1.99. The van der Waals surface area contributed by atoms with E-state index in [9.17, 15) is 0 Å². The molecule has 0 bridgehead atoms. The summed E-state index contributed by atoms with van der Waals surface area (Å²) in [4.78, 5) is 10.4. The van der Waals surface area contributed by atoms with Gasteiger partial charge < -0.3 is 21.7 Å². The molecule has 0 aromatic carbocycles. The topological polar surface area (TPSA) is 93.1 Å². The number of hydrogen-bond acceptors (Lipinski definition) is 6. The minimum absolute atomic E-state index is 0.312. The van der Waals surface area contributed by atoms with Crippen molar-refractivity contribution in [3.05, 3.63) is 6.33 Å². The Morgan fingerprint density at radius 2 is 1.95 bits per heavy atom. The first-order valence-corrected chi connectivity index (χ1v) is 6.93. The highest BCUT2D eigenvalue weighted by Crippen LogP contribution is 2.20. The molecule has 1 unspecified atom stereocenters. The molecule has 0 aliphatic rings. The van der Waals surface area contributed by atoms with E-state index in [2.05, 4.69) is 41.0 Å². The molecular weight excluding hydrogens is 240 g/mol. The van der Waals surface area contributed by atoms with Crippen LogP contribution in [0.4, 0.5) is 17.3 Å². The number of hydrogen-bond donors (Lipinski definition) is 3. The Hall–Kier alpha value is -1.56. The molecule has 1 rings (SSSR count). The minimum atomic E-state index is 0.312. The second-order valence-corrected chi connectivity index (χ2v) is 4.74. The van der Waals surface area contributed by atoms with Gasteiger partial charge in [-0.15, -0.1) is 0 Å². The van der Waals surface area contributed by atoms with Crippen LogP contribution in [-0.2, 0) is 0 Å². The van der Waals surface area contributed by atoms with E-state index in [1.807, 2.05) is 0 Å². The number of nitrogen functional groups attached to an aromatic ring is 2. The number of anilines is 3. The number of nitrogens with one attached hydrogen (secondary N) is 1. The van der Waals surface area contributed by atoms with Crippen molar-refractivity contribution in [2.45, 2.75) is 39.7 Å². The monoisotopic (exact) mass is 266 g/mol. The summed E-state index contributed by atoms with van der Waals surface area (Å²) in [5, 5.41) is 3.29. The number of rotatable bonds is 8. The molecule has 6 nitrogen and oxygen atoms in total. The molecular formula is C13H26N6. The Bertz CT molecular complexity index is 377. The van der Waals surface area contributed by atoms with E-state index in [1.165, 1.54) is 6.33 Å². The molecule has 1 atom stereocenters. The van der Waals surface area contributed by atoms with Crippen molar-refractivity contribution in [2.24, 2.45) is 0 Å². The molecule has 0 radical (unpaired) electrons. The van der Waals surface area contributed by atoms with Crippen LogP contribution in [0.3, 0.4) is 0 Å². The lowest BCUT2D eigenvalue weighted by Crippen LogP contribution is -2.26. The SMILES string of the molecule is CCN(CC)CCCC(C)Nc1ncnc(N)c1N. The van der Waals surface area contributed by atoms with Crippen LogP contribution in [0.5, 0.6) is 0 Å². The van der Waals surface area contributed by atoms with Gasteiger partial charge in [-0.3, -0.25) is 0 Å². The highest BCUT2D eigenvalue weighted by Gasteiger charge is 2.09. The normalized spacial score (nSPS) is 12.6. The Labute approximate surface area is 115 Å². The average molecular weight is 266 g/mol. The van der Waals surface area contributed by atoms with Gasteiger partial charge in [0.1, 0.15) is 12.0 Å². The lowest BCUT2D eigenvalue weighted by atomic mass is 10.1. The van der Waals surface area contributed by atoms with Gasteiger partial charge in [-0.2, -0.15) is 0 Å². The maximum Gasteiger partial charge on any atom is 0.155 e. The zero-order valence-electron chi connectivity index (χ0n) is 12.2. The molecule has 0 spiro atoms. The molecule has 1 aromatic heterocycles. The number of nitrogens with zero attached hydrogens (tertiary/aromatic N) is 3. The lowest BCUT2D eigenvalue weighted by Gasteiger charge is -2.20. The third-order valence-corrected chi connectivity index (χ3v) is 3.30. The molecule has 0 aliphatic heterocycles. The predicted octanol–water partition coefficient (Wildman–Crippen LogP) is 1.56. The Morgan fingerprint density at radius 1 is 1.26 bits per heavy atom. The molecule has 0 fully saturated rings. The highest BCUT2D eigenvalue weighted by molar-refractivity contribution is 5.72. The van der Waals surface area contributed by atoms with Crippen LogP contribution in [0.2, 0.25) is 0 Å². The maximum atomic E-state index is 5.83. The summed E-state index contributed by atoms with van der Waals surface area (Å²) >= 11 is 0. The van der Waals surface area contributed by atoms with E-state index in [0.29, 0.717) is 23.4 Å². The van der Waals surface area contributed by atoms with E-state index in [0.717, 1.165) is 32.5 Å². The molecule has 1 aromatic rings. The molecule has 0 saturated heterocycles. The third kappa shape index (κ3) is 4.90. The molecule has 0 saturated carbocycles. The second kappa shape index (κ2) is 7.78. The van der Waals surface area contributed by atoms with Crippen LogP contribution >= 0.6 is 0 Å². The zero-order valence-corrected chi connectivity index (χ0v) is 12.2. The van der Waals surface area contributed by atoms with E-state index in [1.54, 1.807) is 0 Å². The lowest BCUT2D eigenvalue weighted by molar-refractivity contribution is 0.295. The second-order valence-electron chi connectivity index (χ2n) is 4.74. The van der Waals surface area contributed by atoms with Crippen molar-refractivity contribution < 1.29 is 0 Å². The van der Waals surface area contributed by atoms with Gasteiger partial charge in [0.15, 0.2) is 11.6 Å². The van der Waals surface area contributed by atoms with Gasteiger partial charge in [-0.1, -0.05) is 13.8 Å². The van der Waals surface area contributed by atoms with Gasteiger partial charge in [0.25, 0.3) is 0 Å². The minimum Gasteiger partial charge on any atom is -0.393 e.